The number of aromatic nitrogens is 2. The second-order valence-electron chi connectivity index (χ2n) is 9.57. The zero-order chi connectivity index (χ0) is 25.7. The number of nitrogens with zero attached hydrogens (tertiary/aromatic N) is 3. The number of carbonyl (C=O) groups is 2. The Kier molecular flexibility index (Phi) is 6.08. The number of H-pyrrole nitrogens is 1. The third kappa shape index (κ3) is 4.48. The minimum atomic E-state index is -1.16. The Morgan fingerprint density at radius 2 is 1.80 bits per heavy atom. The zero-order valence-corrected chi connectivity index (χ0v) is 20.1. The normalized spacial score (nSPS) is 16.2. The maximum Gasteiger partial charge on any atom is 0.415 e. The van der Waals surface area contributed by atoms with E-state index in [9.17, 15) is 23.2 Å². The topological polar surface area (TPSA) is 95.6 Å². The largest absolute Gasteiger partial charge is 0.443 e. The minimum absolute atomic E-state index is 0.0785. The van der Waals surface area contributed by atoms with Gasteiger partial charge in [-0.3, -0.25) is 14.5 Å². The molecule has 1 aromatic heterocycles. The number of nitrogens with one attached hydrogen (secondary N) is 1. The van der Waals surface area contributed by atoms with Crippen molar-refractivity contribution >= 4 is 28.5 Å². The molecule has 8 nitrogen and oxygen atoms in total. The van der Waals surface area contributed by atoms with Crippen molar-refractivity contribution in [2.45, 2.75) is 51.8 Å². The monoisotopic (exact) mass is 484 g/mol. The molecular weight excluding hydrogens is 458 g/mol. The molecule has 0 saturated carbocycles. The summed E-state index contributed by atoms with van der Waals surface area (Å²) >= 11 is 0. The van der Waals surface area contributed by atoms with E-state index >= 15 is 0 Å². The Hall–Kier alpha value is -3.82. The first-order chi connectivity index (χ1) is 16.4. The summed E-state index contributed by atoms with van der Waals surface area (Å²) in [6.07, 6.45) is -0.364. The van der Waals surface area contributed by atoms with Crippen LogP contribution in [-0.2, 0) is 16.0 Å². The molecule has 35 heavy (non-hydrogen) atoms. The summed E-state index contributed by atoms with van der Waals surface area (Å²) in [4.78, 5) is 41.6. The molecule has 4 rings (SSSR count). The first-order valence-electron chi connectivity index (χ1n) is 11.1. The van der Waals surface area contributed by atoms with Crippen molar-refractivity contribution in [3.63, 3.8) is 0 Å². The van der Waals surface area contributed by atoms with Crippen molar-refractivity contribution in [1.82, 2.24) is 15.1 Å². The molecule has 2 heterocycles. The lowest BCUT2D eigenvalue weighted by Crippen LogP contribution is -2.50. The molecule has 1 unspecified atom stereocenters. The van der Waals surface area contributed by atoms with Gasteiger partial charge in [-0.15, -0.1) is 0 Å². The number of rotatable bonds is 3. The van der Waals surface area contributed by atoms with Crippen LogP contribution in [0, 0.1) is 11.6 Å². The number of halogens is 2. The van der Waals surface area contributed by atoms with Gasteiger partial charge >= 0.3 is 6.09 Å². The molecule has 1 aliphatic rings. The van der Waals surface area contributed by atoms with Crippen LogP contribution in [0.5, 0.6) is 0 Å². The number of carbonyl (C=O) groups excluding carboxylic acids is 2. The number of para-hydroxylation sites is 1. The first kappa shape index (κ1) is 24.3. The van der Waals surface area contributed by atoms with Crippen molar-refractivity contribution in [1.29, 1.82) is 0 Å². The molecule has 1 aliphatic heterocycles. The summed E-state index contributed by atoms with van der Waals surface area (Å²) in [5.41, 5.74) is 0.161. The van der Waals surface area contributed by atoms with Gasteiger partial charge in [-0.05, 0) is 51.5 Å². The Balaban J connectivity index is 1.70. The fraction of sp³-hybridized carbons (Fsp3) is 0.360. The Morgan fingerprint density at radius 1 is 1.17 bits per heavy atom. The molecule has 3 aromatic rings. The van der Waals surface area contributed by atoms with E-state index in [-0.39, 0.29) is 22.9 Å². The maximum atomic E-state index is 14.0. The van der Waals surface area contributed by atoms with Crippen LogP contribution in [0.15, 0.2) is 41.2 Å². The van der Waals surface area contributed by atoms with E-state index in [4.69, 9.17) is 4.74 Å². The molecule has 2 atom stereocenters. The van der Waals surface area contributed by atoms with Crippen LogP contribution in [0.3, 0.4) is 0 Å². The van der Waals surface area contributed by atoms with E-state index in [1.807, 2.05) is 12.1 Å². The van der Waals surface area contributed by atoms with Gasteiger partial charge in [0.05, 0.1) is 22.8 Å². The summed E-state index contributed by atoms with van der Waals surface area (Å²) in [6, 6.07) is 7.29. The fourth-order valence-corrected chi connectivity index (χ4v) is 4.23. The van der Waals surface area contributed by atoms with E-state index in [1.54, 1.807) is 39.8 Å². The van der Waals surface area contributed by atoms with Crippen molar-refractivity contribution in [2.75, 3.05) is 11.9 Å². The number of hydrogen-bond donors (Lipinski definition) is 1. The first-order valence-corrected chi connectivity index (χ1v) is 11.1. The van der Waals surface area contributed by atoms with Gasteiger partial charge in [-0.1, -0.05) is 18.2 Å². The minimum Gasteiger partial charge on any atom is -0.443 e. The third-order valence-corrected chi connectivity index (χ3v) is 6.03. The van der Waals surface area contributed by atoms with Crippen molar-refractivity contribution in [3.05, 3.63) is 69.6 Å². The van der Waals surface area contributed by atoms with E-state index in [0.29, 0.717) is 5.69 Å². The number of likely N-dealkylation sites (N-methyl/N-ethyl adjacent to an activating group) is 1. The Morgan fingerprint density at radius 3 is 2.46 bits per heavy atom. The van der Waals surface area contributed by atoms with Gasteiger partial charge in [0.15, 0.2) is 11.6 Å². The van der Waals surface area contributed by atoms with Crippen LogP contribution >= 0.6 is 0 Å². The number of amides is 2. The highest BCUT2D eigenvalue weighted by Gasteiger charge is 2.42. The van der Waals surface area contributed by atoms with Crippen LogP contribution in [0.25, 0.3) is 10.8 Å². The predicted octanol–water partition coefficient (Wildman–Crippen LogP) is 4.09. The standard InChI is InChI=1S/C25H26F2N4O4/c1-13(21-15-11-17(26)18(27)12-16(15)22(32)29-28-21)30(5)23(33)20-10-14-8-6-7-9-19(14)31(20)24(34)35-25(2,3)4/h6-9,11-13,20H,10H2,1-5H3,(H,29,32)/t13?,20-/m0/s1. The predicted molar refractivity (Wildman–Crippen MR) is 126 cm³/mol. The third-order valence-electron chi connectivity index (χ3n) is 6.03. The van der Waals surface area contributed by atoms with Crippen molar-refractivity contribution in [3.8, 4) is 0 Å². The molecule has 0 fully saturated rings. The van der Waals surface area contributed by atoms with Gasteiger partial charge < -0.3 is 9.64 Å². The Bertz CT molecular complexity index is 1380. The van der Waals surface area contributed by atoms with Crippen LogP contribution in [0.1, 0.15) is 45.0 Å². The van der Waals surface area contributed by atoms with Gasteiger partial charge in [0.25, 0.3) is 5.56 Å². The maximum absolute atomic E-state index is 14.0. The molecule has 1 N–H and O–H groups in total. The summed E-state index contributed by atoms with van der Waals surface area (Å²) in [5.74, 6) is -2.69. The number of hydrogen-bond acceptors (Lipinski definition) is 5. The summed E-state index contributed by atoms with van der Waals surface area (Å²) < 4.78 is 33.3. The second kappa shape index (κ2) is 8.75. The summed E-state index contributed by atoms with van der Waals surface area (Å²) in [6.45, 7) is 6.88. The highest BCUT2D eigenvalue weighted by atomic mass is 19.2. The quantitative estimate of drug-likeness (QED) is 0.604. The molecule has 0 spiro atoms. The molecule has 0 bridgehead atoms. The smallest absolute Gasteiger partial charge is 0.415 e. The molecule has 0 radical (unpaired) electrons. The molecule has 2 aromatic carbocycles. The van der Waals surface area contributed by atoms with Gasteiger partial charge in [0.2, 0.25) is 5.91 Å². The summed E-state index contributed by atoms with van der Waals surface area (Å²) in [7, 11) is 1.53. The molecule has 2 amide bonds. The van der Waals surface area contributed by atoms with Crippen LogP contribution in [-0.4, -0.2) is 45.8 Å². The van der Waals surface area contributed by atoms with Crippen LogP contribution in [0.4, 0.5) is 19.3 Å². The van der Waals surface area contributed by atoms with Gasteiger partial charge in [0.1, 0.15) is 11.6 Å². The highest BCUT2D eigenvalue weighted by molar-refractivity contribution is 6.00. The molecule has 0 saturated heterocycles. The number of fused-ring (bicyclic) bond motifs is 2. The van der Waals surface area contributed by atoms with Gasteiger partial charge in [0, 0.05) is 18.9 Å². The molecule has 10 heteroatoms. The SMILES string of the molecule is CC(c1n[nH]c(=O)c2cc(F)c(F)cc12)N(C)C(=O)[C@@H]1Cc2ccccc2N1C(=O)OC(C)(C)C. The fourth-order valence-electron chi connectivity index (χ4n) is 4.23. The average molecular weight is 485 g/mol. The number of anilines is 1. The van der Waals surface area contributed by atoms with Crippen molar-refractivity contribution < 1.29 is 23.1 Å². The molecular formula is C25H26F2N4O4. The molecule has 0 aliphatic carbocycles. The number of benzene rings is 2. The average Bonchev–Trinajstić information content (AvgIpc) is 3.18. The van der Waals surface area contributed by atoms with E-state index in [1.165, 1.54) is 16.8 Å². The van der Waals surface area contributed by atoms with E-state index in [2.05, 4.69) is 10.2 Å². The van der Waals surface area contributed by atoms with Crippen LogP contribution < -0.4 is 10.5 Å². The molecule has 184 valence electrons. The lowest BCUT2D eigenvalue weighted by molar-refractivity contribution is -0.133. The lowest BCUT2D eigenvalue weighted by atomic mass is 10.0. The number of ether oxygens (including phenoxy) is 1. The van der Waals surface area contributed by atoms with Gasteiger partial charge in [-0.25, -0.2) is 18.7 Å². The van der Waals surface area contributed by atoms with Crippen LogP contribution in [0.2, 0.25) is 0 Å². The highest BCUT2D eigenvalue weighted by Crippen LogP contribution is 2.35. The van der Waals surface area contributed by atoms with Crippen molar-refractivity contribution in [2.24, 2.45) is 0 Å². The Labute approximate surface area is 200 Å². The summed E-state index contributed by atoms with van der Waals surface area (Å²) in [5, 5.41) is 6.32. The van der Waals surface area contributed by atoms with E-state index < -0.39 is 46.9 Å². The lowest BCUT2D eigenvalue weighted by Gasteiger charge is -2.32. The van der Waals surface area contributed by atoms with Gasteiger partial charge in [-0.2, -0.15) is 5.10 Å². The number of aromatic amines is 1. The van der Waals surface area contributed by atoms with E-state index in [0.717, 1.165) is 17.7 Å². The zero-order valence-electron chi connectivity index (χ0n) is 20.1. The second-order valence-corrected chi connectivity index (χ2v) is 9.57.